The molecule has 2 atom stereocenters. The largest absolute Gasteiger partial charge is 0.496 e. The highest BCUT2D eigenvalue weighted by atomic mass is 35.5. The van der Waals surface area contributed by atoms with Gasteiger partial charge in [0.25, 0.3) is 0 Å². The van der Waals surface area contributed by atoms with Crippen LogP contribution in [0.1, 0.15) is 17.2 Å². The van der Waals surface area contributed by atoms with Gasteiger partial charge in [-0.05, 0) is 36.2 Å². The average molecular weight is 307 g/mol. The molecule has 0 bridgehead atoms. The first kappa shape index (κ1) is 13.8. The van der Waals surface area contributed by atoms with Gasteiger partial charge in [0.05, 0.1) is 13.2 Å². The normalized spacial score (nSPS) is 18.6. The maximum Gasteiger partial charge on any atom is 0.124 e. The fraction of sp³-hybridized carbons (Fsp3) is 0.250. The second kappa shape index (κ2) is 5.68. The standard InChI is InChI=1S/C16H15ClO2S/c1-19-13-7-6-11(17)9-12(13)16(18)15-8-10-4-2-3-5-14(10)20-15/h2-7,9,15-16,18H,8H2,1H3. The van der Waals surface area contributed by atoms with Crippen LogP contribution in [0.25, 0.3) is 0 Å². The molecule has 1 heterocycles. The van der Waals surface area contributed by atoms with Crippen LogP contribution in [-0.4, -0.2) is 17.5 Å². The second-order valence-corrected chi connectivity index (χ2v) is 6.52. The highest BCUT2D eigenvalue weighted by molar-refractivity contribution is 8.00. The molecular formula is C16H15ClO2S. The van der Waals surface area contributed by atoms with E-state index in [2.05, 4.69) is 12.1 Å². The van der Waals surface area contributed by atoms with E-state index >= 15 is 0 Å². The first-order valence-electron chi connectivity index (χ1n) is 6.45. The molecule has 1 N–H and O–H groups in total. The van der Waals surface area contributed by atoms with Crippen molar-refractivity contribution in [2.45, 2.75) is 22.7 Å². The van der Waals surface area contributed by atoms with Crippen molar-refractivity contribution in [1.29, 1.82) is 0 Å². The zero-order chi connectivity index (χ0) is 14.1. The molecular weight excluding hydrogens is 292 g/mol. The lowest BCUT2D eigenvalue weighted by Gasteiger charge is -2.20. The Balaban J connectivity index is 1.88. The Morgan fingerprint density at radius 1 is 1.30 bits per heavy atom. The molecule has 1 aliphatic heterocycles. The summed E-state index contributed by atoms with van der Waals surface area (Å²) in [5.74, 6) is 0.679. The SMILES string of the molecule is COc1ccc(Cl)cc1C(O)C1Cc2ccccc2S1. The van der Waals surface area contributed by atoms with E-state index in [1.807, 2.05) is 12.1 Å². The maximum absolute atomic E-state index is 10.7. The third-order valence-corrected chi connectivity index (χ3v) is 5.15. The highest BCUT2D eigenvalue weighted by Crippen LogP contribution is 2.44. The summed E-state index contributed by atoms with van der Waals surface area (Å²) in [6.45, 7) is 0. The predicted molar refractivity (Wildman–Crippen MR) is 82.8 cm³/mol. The number of aliphatic hydroxyl groups excluding tert-OH is 1. The van der Waals surface area contributed by atoms with Crippen molar-refractivity contribution in [2.24, 2.45) is 0 Å². The van der Waals surface area contributed by atoms with E-state index in [0.717, 1.165) is 12.0 Å². The zero-order valence-electron chi connectivity index (χ0n) is 11.0. The van der Waals surface area contributed by atoms with E-state index in [1.54, 1.807) is 37.1 Å². The first-order chi connectivity index (χ1) is 9.69. The van der Waals surface area contributed by atoms with E-state index in [0.29, 0.717) is 10.8 Å². The minimum Gasteiger partial charge on any atom is -0.496 e. The molecule has 0 aromatic heterocycles. The Hall–Kier alpha value is -1.16. The fourth-order valence-corrected chi connectivity index (χ4v) is 4.03. The van der Waals surface area contributed by atoms with E-state index < -0.39 is 6.10 Å². The van der Waals surface area contributed by atoms with E-state index in [-0.39, 0.29) is 5.25 Å². The lowest BCUT2D eigenvalue weighted by molar-refractivity contribution is 0.171. The lowest BCUT2D eigenvalue weighted by Crippen LogP contribution is -2.15. The number of aliphatic hydroxyl groups is 1. The van der Waals surface area contributed by atoms with Gasteiger partial charge in [0.2, 0.25) is 0 Å². The van der Waals surface area contributed by atoms with E-state index in [4.69, 9.17) is 16.3 Å². The maximum atomic E-state index is 10.7. The summed E-state index contributed by atoms with van der Waals surface area (Å²) in [5.41, 5.74) is 2.05. The number of benzene rings is 2. The average Bonchev–Trinajstić information content (AvgIpc) is 2.90. The zero-order valence-corrected chi connectivity index (χ0v) is 12.6. The summed E-state index contributed by atoms with van der Waals surface area (Å²) in [7, 11) is 1.61. The third kappa shape index (κ3) is 2.53. The Kier molecular flexibility index (Phi) is 3.92. The van der Waals surface area contributed by atoms with Gasteiger partial charge in [-0.2, -0.15) is 0 Å². The molecule has 4 heteroatoms. The lowest BCUT2D eigenvalue weighted by atomic mass is 10.0. The molecule has 2 aromatic rings. The van der Waals surface area contributed by atoms with Crippen molar-refractivity contribution in [1.82, 2.24) is 0 Å². The van der Waals surface area contributed by atoms with Crippen LogP contribution < -0.4 is 4.74 Å². The van der Waals surface area contributed by atoms with Crippen LogP contribution in [0.3, 0.4) is 0 Å². The van der Waals surface area contributed by atoms with Gasteiger partial charge in [-0.3, -0.25) is 0 Å². The minimum atomic E-state index is -0.596. The quantitative estimate of drug-likeness (QED) is 0.926. The Morgan fingerprint density at radius 2 is 2.10 bits per heavy atom. The summed E-state index contributed by atoms with van der Waals surface area (Å²) >= 11 is 7.76. The molecule has 0 saturated carbocycles. The van der Waals surface area contributed by atoms with Gasteiger partial charge in [0.15, 0.2) is 0 Å². The molecule has 0 radical (unpaired) electrons. The van der Waals surface area contributed by atoms with Gasteiger partial charge in [-0.15, -0.1) is 11.8 Å². The monoisotopic (exact) mass is 306 g/mol. The van der Waals surface area contributed by atoms with Crippen molar-refractivity contribution in [3.05, 3.63) is 58.6 Å². The summed E-state index contributed by atoms with van der Waals surface area (Å²) in [4.78, 5) is 1.25. The summed E-state index contributed by atoms with van der Waals surface area (Å²) in [6, 6.07) is 13.6. The minimum absolute atomic E-state index is 0.0970. The molecule has 0 saturated heterocycles. The van der Waals surface area contributed by atoms with Gasteiger partial charge in [0, 0.05) is 20.7 Å². The molecule has 1 aliphatic rings. The van der Waals surface area contributed by atoms with Crippen LogP contribution in [0.5, 0.6) is 5.75 Å². The van der Waals surface area contributed by atoms with Gasteiger partial charge in [0.1, 0.15) is 5.75 Å². The van der Waals surface area contributed by atoms with Crippen LogP contribution in [-0.2, 0) is 6.42 Å². The van der Waals surface area contributed by atoms with Crippen LogP contribution in [0.2, 0.25) is 5.02 Å². The topological polar surface area (TPSA) is 29.5 Å². The van der Waals surface area contributed by atoms with Gasteiger partial charge in [-0.25, -0.2) is 0 Å². The van der Waals surface area contributed by atoms with E-state index in [1.165, 1.54) is 10.5 Å². The Labute approximate surface area is 127 Å². The van der Waals surface area contributed by atoms with Crippen LogP contribution >= 0.6 is 23.4 Å². The van der Waals surface area contributed by atoms with Crippen molar-refractivity contribution < 1.29 is 9.84 Å². The Bertz CT molecular complexity index is 605. The highest BCUT2D eigenvalue weighted by Gasteiger charge is 2.30. The number of ether oxygens (including phenoxy) is 1. The molecule has 2 aromatic carbocycles. The number of fused-ring (bicyclic) bond motifs is 1. The predicted octanol–water partition coefficient (Wildman–Crippen LogP) is 4.10. The summed E-state index contributed by atoms with van der Waals surface area (Å²) < 4.78 is 5.33. The molecule has 3 rings (SSSR count). The smallest absolute Gasteiger partial charge is 0.124 e. The van der Waals surface area contributed by atoms with Gasteiger partial charge >= 0.3 is 0 Å². The number of thioether (sulfide) groups is 1. The molecule has 2 unspecified atom stereocenters. The summed E-state index contributed by atoms with van der Waals surface area (Å²) in [6.07, 6.45) is 0.263. The van der Waals surface area contributed by atoms with E-state index in [9.17, 15) is 5.11 Å². The third-order valence-electron chi connectivity index (χ3n) is 3.53. The first-order valence-corrected chi connectivity index (χ1v) is 7.71. The van der Waals surface area contributed by atoms with Crippen molar-refractivity contribution >= 4 is 23.4 Å². The molecule has 104 valence electrons. The fourth-order valence-electron chi connectivity index (χ4n) is 2.52. The number of rotatable bonds is 3. The number of hydrogen-bond donors (Lipinski definition) is 1. The van der Waals surface area contributed by atoms with Crippen molar-refractivity contribution in [3.63, 3.8) is 0 Å². The summed E-state index contributed by atoms with van der Waals surface area (Å²) in [5, 5.41) is 11.4. The number of hydrogen-bond acceptors (Lipinski definition) is 3. The molecule has 0 aliphatic carbocycles. The number of halogens is 1. The van der Waals surface area contributed by atoms with Crippen LogP contribution in [0.4, 0.5) is 0 Å². The van der Waals surface area contributed by atoms with Crippen molar-refractivity contribution in [3.8, 4) is 5.75 Å². The van der Waals surface area contributed by atoms with Gasteiger partial charge in [-0.1, -0.05) is 29.8 Å². The molecule has 2 nitrogen and oxygen atoms in total. The molecule has 0 spiro atoms. The van der Waals surface area contributed by atoms with Gasteiger partial charge < -0.3 is 9.84 Å². The van der Waals surface area contributed by atoms with Crippen LogP contribution in [0.15, 0.2) is 47.4 Å². The second-order valence-electron chi connectivity index (χ2n) is 4.80. The van der Waals surface area contributed by atoms with Crippen molar-refractivity contribution in [2.75, 3.05) is 7.11 Å². The number of methoxy groups -OCH3 is 1. The molecule has 0 fully saturated rings. The Morgan fingerprint density at radius 3 is 2.85 bits per heavy atom. The molecule has 20 heavy (non-hydrogen) atoms. The van der Waals surface area contributed by atoms with Crippen LogP contribution in [0, 0.1) is 0 Å². The molecule has 0 amide bonds.